The number of methoxy groups -OCH3 is 1. The van der Waals surface area contributed by atoms with E-state index in [9.17, 15) is 0 Å². The topological polar surface area (TPSA) is 37.7 Å². The van der Waals surface area contributed by atoms with Crippen LogP contribution in [0.25, 0.3) is 11.3 Å². The SMILES string of the molecule is C=C(/C=C\C(=C)N(C)/C=C(\C)c1ccnc(C)c1)/C(C)=C(/N=CC)c1ccc(OC)c(C)c1. The Hall–Kier alpha value is -3.66. The molecule has 0 radical (unpaired) electrons. The fraction of sp³-hybridized carbons (Fsp3) is 0.241. The van der Waals surface area contributed by atoms with Gasteiger partial charge in [0.1, 0.15) is 5.75 Å². The number of nitrogens with zero attached hydrogens (tertiary/aromatic N) is 3. The number of hydrogen-bond acceptors (Lipinski definition) is 4. The van der Waals surface area contributed by atoms with Crippen molar-refractivity contribution in [1.29, 1.82) is 0 Å². The number of pyridine rings is 1. The Balaban J connectivity index is 2.23. The molecule has 0 amide bonds. The first-order valence-electron chi connectivity index (χ1n) is 10.9. The summed E-state index contributed by atoms with van der Waals surface area (Å²) < 4.78 is 5.39. The number of hydrogen-bond donors (Lipinski definition) is 0. The lowest BCUT2D eigenvalue weighted by atomic mass is 10.00. The highest BCUT2D eigenvalue weighted by Gasteiger charge is 2.09. The molecule has 0 spiro atoms. The van der Waals surface area contributed by atoms with E-state index in [4.69, 9.17) is 4.74 Å². The Bertz CT molecular complexity index is 1150. The van der Waals surface area contributed by atoms with E-state index < -0.39 is 0 Å². The van der Waals surface area contributed by atoms with Crippen LogP contribution >= 0.6 is 0 Å². The molecule has 4 nitrogen and oxygen atoms in total. The van der Waals surface area contributed by atoms with Crippen molar-refractivity contribution in [1.82, 2.24) is 9.88 Å². The maximum atomic E-state index is 5.39. The highest BCUT2D eigenvalue weighted by atomic mass is 16.5. The van der Waals surface area contributed by atoms with Gasteiger partial charge < -0.3 is 9.64 Å². The lowest BCUT2D eigenvalue weighted by molar-refractivity contribution is 0.411. The van der Waals surface area contributed by atoms with Crippen LogP contribution in [0.15, 0.2) is 89.9 Å². The molecule has 0 aliphatic heterocycles. The van der Waals surface area contributed by atoms with Crippen molar-refractivity contribution in [3.8, 4) is 5.75 Å². The van der Waals surface area contributed by atoms with Crippen LogP contribution in [0.2, 0.25) is 0 Å². The average Bonchev–Trinajstić information content (AvgIpc) is 2.80. The summed E-state index contributed by atoms with van der Waals surface area (Å²) in [5, 5.41) is 0. The maximum absolute atomic E-state index is 5.39. The molecule has 0 unspecified atom stereocenters. The molecular weight excluding hydrogens is 406 g/mol. The van der Waals surface area contributed by atoms with E-state index in [1.165, 1.54) is 0 Å². The zero-order valence-corrected chi connectivity index (χ0v) is 20.9. The Morgan fingerprint density at radius 2 is 1.79 bits per heavy atom. The van der Waals surface area contributed by atoms with Crippen molar-refractivity contribution in [2.75, 3.05) is 14.2 Å². The summed E-state index contributed by atoms with van der Waals surface area (Å²) in [5.74, 6) is 0.861. The van der Waals surface area contributed by atoms with Crippen molar-refractivity contribution < 1.29 is 4.74 Å². The van der Waals surface area contributed by atoms with E-state index in [-0.39, 0.29) is 0 Å². The number of aromatic nitrogens is 1. The molecule has 172 valence electrons. The van der Waals surface area contributed by atoms with Crippen LogP contribution in [-0.2, 0) is 0 Å². The molecule has 0 bridgehead atoms. The molecule has 2 aromatic rings. The van der Waals surface area contributed by atoms with Gasteiger partial charge in [0.2, 0.25) is 0 Å². The number of benzene rings is 1. The van der Waals surface area contributed by atoms with Crippen LogP contribution in [0.3, 0.4) is 0 Å². The second kappa shape index (κ2) is 11.8. The highest BCUT2D eigenvalue weighted by Crippen LogP contribution is 2.29. The maximum Gasteiger partial charge on any atom is 0.121 e. The zero-order valence-electron chi connectivity index (χ0n) is 20.9. The second-order valence-electron chi connectivity index (χ2n) is 8.00. The van der Waals surface area contributed by atoms with Gasteiger partial charge in [0.15, 0.2) is 0 Å². The van der Waals surface area contributed by atoms with E-state index in [0.717, 1.165) is 56.2 Å². The third kappa shape index (κ3) is 6.91. The number of likely N-dealkylation sites (N-methyl/N-ethyl adjacent to an activating group) is 1. The molecule has 2 rings (SSSR count). The number of allylic oxidation sites excluding steroid dienone is 5. The highest BCUT2D eigenvalue weighted by molar-refractivity contribution is 5.78. The summed E-state index contributed by atoms with van der Waals surface area (Å²) in [6.07, 6.45) is 9.66. The first kappa shape index (κ1) is 25.6. The minimum absolute atomic E-state index is 0.856. The molecule has 1 heterocycles. The summed E-state index contributed by atoms with van der Waals surface area (Å²) in [6.45, 7) is 18.5. The van der Waals surface area contributed by atoms with Crippen LogP contribution in [0.1, 0.15) is 43.2 Å². The average molecular weight is 442 g/mol. The molecule has 0 saturated carbocycles. The summed E-state index contributed by atoms with van der Waals surface area (Å²) in [6, 6.07) is 10.2. The lowest BCUT2D eigenvalue weighted by Gasteiger charge is -2.16. The molecule has 1 aromatic heterocycles. The minimum Gasteiger partial charge on any atom is -0.496 e. The fourth-order valence-electron chi connectivity index (χ4n) is 3.37. The van der Waals surface area contributed by atoms with Crippen LogP contribution in [-0.4, -0.2) is 30.3 Å². The van der Waals surface area contributed by atoms with Gasteiger partial charge in [0, 0.05) is 42.6 Å². The smallest absolute Gasteiger partial charge is 0.121 e. The van der Waals surface area contributed by atoms with Crippen molar-refractivity contribution in [3.05, 3.63) is 107 Å². The zero-order chi connectivity index (χ0) is 24.5. The minimum atomic E-state index is 0.856. The van der Waals surface area contributed by atoms with E-state index >= 15 is 0 Å². The number of aryl methyl sites for hydroxylation is 2. The molecule has 1 aromatic carbocycles. The molecule has 0 atom stereocenters. The van der Waals surface area contributed by atoms with E-state index in [1.54, 1.807) is 13.3 Å². The number of ether oxygens (including phenoxy) is 1. The van der Waals surface area contributed by atoms with Gasteiger partial charge in [-0.25, -0.2) is 0 Å². The van der Waals surface area contributed by atoms with Crippen LogP contribution in [0.4, 0.5) is 0 Å². The first-order valence-corrected chi connectivity index (χ1v) is 10.9. The molecule has 4 heteroatoms. The van der Waals surface area contributed by atoms with Crippen LogP contribution in [0, 0.1) is 13.8 Å². The van der Waals surface area contributed by atoms with Gasteiger partial charge in [-0.15, -0.1) is 0 Å². The second-order valence-corrected chi connectivity index (χ2v) is 8.00. The fourth-order valence-corrected chi connectivity index (χ4v) is 3.37. The van der Waals surface area contributed by atoms with Crippen LogP contribution in [0.5, 0.6) is 5.75 Å². The summed E-state index contributed by atoms with van der Waals surface area (Å²) in [5.41, 5.74) is 9.00. The largest absolute Gasteiger partial charge is 0.496 e. The van der Waals surface area contributed by atoms with Gasteiger partial charge in [0.25, 0.3) is 0 Å². The van der Waals surface area contributed by atoms with Crippen molar-refractivity contribution in [2.45, 2.75) is 34.6 Å². The van der Waals surface area contributed by atoms with Gasteiger partial charge >= 0.3 is 0 Å². The number of rotatable bonds is 9. The van der Waals surface area contributed by atoms with Crippen LogP contribution < -0.4 is 4.74 Å². The van der Waals surface area contributed by atoms with E-state index in [0.29, 0.717) is 0 Å². The summed E-state index contributed by atoms with van der Waals surface area (Å²) in [4.78, 5) is 10.9. The standard InChI is InChI=1S/C29H35N3O/c1-10-30-29(27-13-14-28(33-9)21(3)17-27)25(7)20(2)11-12-24(6)32(8)19-22(4)26-15-16-31-23(5)18-26/h10-19H,2,6H2,1,3-5,7-9H3/b12-11-,22-19+,29-25+,30-10?. The van der Waals surface area contributed by atoms with Crippen molar-refractivity contribution in [2.24, 2.45) is 4.99 Å². The van der Waals surface area contributed by atoms with Gasteiger partial charge in [-0.3, -0.25) is 9.98 Å². The monoisotopic (exact) mass is 441 g/mol. The predicted molar refractivity (Wildman–Crippen MR) is 142 cm³/mol. The summed E-state index contributed by atoms with van der Waals surface area (Å²) in [7, 11) is 3.67. The normalized spacial score (nSPS) is 12.8. The van der Waals surface area contributed by atoms with Gasteiger partial charge in [-0.1, -0.05) is 19.2 Å². The third-order valence-corrected chi connectivity index (χ3v) is 5.43. The van der Waals surface area contributed by atoms with Gasteiger partial charge in [0.05, 0.1) is 12.8 Å². The molecule has 0 aliphatic rings. The Kier molecular flexibility index (Phi) is 9.17. The summed E-state index contributed by atoms with van der Waals surface area (Å²) >= 11 is 0. The van der Waals surface area contributed by atoms with Gasteiger partial charge in [-0.05, 0) is 98.9 Å². The van der Waals surface area contributed by atoms with Crippen molar-refractivity contribution >= 4 is 17.5 Å². The molecular formula is C29H35N3O. The molecule has 0 saturated heterocycles. The quantitative estimate of drug-likeness (QED) is 0.306. The van der Waals surface area contributed by atoms with Gasteiger partial charge in [-0.2, -0.15) is 0 Å². The van der Waals surface area contributed by atoms with E-state index in [2.05, 4.69) is 48.4 Å². The first-order chi connectivity index (χ1) is 15.7. The number of aliphatic imine (C=N–C) groups is 1. The lowest BCUT2D eigenvalue weighted by Crippen LogP contribution is -2.08. The Labute approximate surface area is 199 Å². The van der Waals surface area contributed by atoms with E-state index in [1.807, 2.05) is 76.2 Å². The Morgan fingerprint density at radius 1 is 1.06 bits per heavy atom. The molecule has 0 fully saturated rings. The third-order valence-electron chi connectivity index (χ3n) is 5.43. The molecule has 0 aliphatic carbocycles. The predicted octanol–water partition coefficient (Wildman–Crippen LogP) is 7.15. The van der Waals surface area contributed by atoms with Crippen molar-refractivity contribution in [3.63, 3.8) is 0 Å². The molecule has 0 N–H and O–H groups in total. The molecule has 33 heavy (non-hydrogen) atoms. The Morgan fingerprint density at radius 3 is 2.39 bits per heavy atom.